The van der Waals surface area contributed by atoms with E-state index in [-0.39, 0.29) is 0 Å². The maximum Gasteiger partial charge on any atom is 0.324 e. The second-order valence-corrected chi connectivity index (χ2v) is 4.65. The van der Waals surface area contributed by atoms with Gasteiger partial charge in [-0.1, -0.05) is 11.2 Å². The van der Waals surface area contributed by atoms with Gasteiger partial charge in [0, 0.05) is 37.4 Å². The topological polar surface area (TPSA) is 106 Å². The highest BCUT2D eigenvalue weighted by molar-refractivity contribution is 5.85. The van der Waals surface area contributed by atoms with Crippen LogP contribution in [-0.2, 0) is 0 Å². The van der Waals surface area contributed by atoms with Gasteiger partial charge in [0.15, 0.2) is 6.21 Å². The molecule has 1 aliphatic rings. The Bertz CT molecular complexity index is 617. The lowest BCUT2D eigenvalue weighted by Crippen LogP contribution is -2.43. The van der Waals surface area contributed by atoms with Crippen molar-refractivity contribution in [3.05, 3.63) is 23.8 Å². The van der Waals surface area contributed by atoms with E-state index in [1.807, 2.05) is 12.1 Å². The van der Waals surface area contributed by atoms with Crippen LogP contribution < -0.4 is 21.4 Å². The SMILES string of the molecule is Nc1cc(-c2noc(N3CCNCC3)n2)ccc1C=[NH2+]. The van der Waals surface area contributed by atoms with Gasteiger partial charge in [0.1, 0.15) is 0 Å². The number of anilines is 2. The first-order valence-corrected chi connectivity index (χ1v) is 6.52. The number of nitrogens with one attached hydrogen (secondary N) is 1. The van der Waals surface area contributed by atoms with Crippen LogP contribution in [0.2, 0.25) is 0 Å². The van der Waals surface area contributed by atoms with Crippen LogP contribution in [0.15, 0.2) is 22.7 Å². The van der Waals surface area contributed by atoms with Crippen molar-refractivity contribution in [2.75, 3.05) is 36.8 Å². The first-order chi connectivity index (χ1) is 9.78. The Morgan fingerprint density at radius 1 is 1.35 bits per heavy atom. The van der Waals surface area contributed by atoms with E-state index >= 15 is 0 Å². The number of benzene rings is 1. The Morgan fingerprint density at radius 2 is 2.15 bits per heavy atom. The van der Waals surface area contributed by atoms with Crippen LogP contribution in [-0.4, -0.2) is 42.5 Å². The van der Waals surface area contributed by atoms with Crippen molar-refractivity contribution in [3.63, 3.8) is 0 Å². The molecule has 20 heavy (non-hydrogen) atoms. The summed E-state index contributed by atoms with van der Waals surface area (Å²) in [6.45, 7) is 3.58. The molecule has 0 spiro atoms. The molecular formula is C13H17N6O+. The number of hydrogen-bond acceptors (Lipinski definition) is 6. The third kappa shape index (κ3) is 2.35. The Labute approximate surface area is 116 Å². The largest absolute Gasteiger partial charge is 0.398 e. The average molecular weight is 273 g/mol. The van der Waals surface area contributed by atoms with Crippen molar-refractivity contribution >= 4 is 17.9 Å². The monoisotopic (exact) mass is 273 g/mol. The molecule has 0 atom stereocenters. The normalized spacial score (nSPS) is 15.3. The summed E-state index contributed by atoms with van der Waals surface area (Å²) < 4.78 is 5.32. The highest BCUT2D eigenvalue weighted by atomic mass is 16.5. The predicted molar refractivity (Wildman–Crippen MR) is 76.3 cm³/mol. The zero-order valence-electron chi connectivity index (χ0n) is 11.0. The summed E-state index contributed by atoms with van der Waals surface area (Å²) in [7, 11) is 0. The van der Waals surface area contributed by atoms with Crippen LogP contribution in [0.1, 0.15) is 5.56 Å². The maximum atomic E-state index is 5.90. The smallest absolute Gasteiger partial charge is 0.324 e. The fraction of sp³-hybridized carbons (Fsp3) is 0.308. The molecule has 0 saturated carbocycles. The van der Waals surface area contributed by atoms with Gasteiger partial charge in [-0.25, -0.2) is 0 Å². The summed E-state index contributed by atoms with van der Waals surface area (Å²) in [5, 5.41) is 12.8. The quantitative estimate of drug-likeness (QED) is 0.484. The zero-order chi connectivity index (χ0) is 13.9. The minimum Gasteiger partial charge on any atom is -0.398 e. The molecule has 1 aromatic carbocycles. The van der Waals surface area contributed by atoms with E-state index in [1.54, 1.807) is 6.07 Å². The molecular weight excluding hydrogens is 256 g/mol. The predicted octanol–water partition coefficient (Wildman–Crippen LogP) is -1.09. The summed E-state index contributed by atoms with van der Waals surface area (Å²) in [4.78, 5) is 6.49. The number of aromatic nitrogens is 2. The van der Waals surface area contributed by atoms with Gasteiger partial charge in [0.2, 0.25) is 5.82 Å². The molecule has 1 fully saturated rings. The summed E-state index contributed by atoms with van der Waals surface area (Å²) >= 11 is 0. The number of rotatable bonds is 3. The molecule has 104 valence electrons. The number of nitrogens with zero attached hydrogens (tertiary/aromatic N) is 3. The van der Waals surface area contributed by atoms with Crippen molar-refractivity contribution in [2.45, 2.75) is 0 Å². The zero-order valence-corrected chi connectivity index (χ0v) is 11.0. The third-order valence-electron chi connectivity index (χ3n) is 3.33. The molecule has 1 aliphatic heterocycles. The first-order valence-electron chi connectivity index (χ1n) is 6.52. The van der Waals surface area contributed by atoms with Gasteiger partial charge < -0.3 is 20.5 Å². The fourth-order valence-electron chi connectivity index (χ4n) is 2.18. The highest BCUT2D eigenvalue weighted by Crippen LogP contribution is 2.23. The van der Waals surface area contributed by atoms with Crippen LogP contribution in [0, 0.1) is 0 Å². The van der Waals surface area contributed by atoms with E-state index in [9.17, 15) is 0 Å². The van der Waals surface area contributed by atoms with E-state index in [0.717, 1.165) is 37.3 Å². The number of piperazine rings is 1. The fourth-order valence-corrected chi connectivity index (χ4v) is 2.18. The molecule has 1 saturated heterocycles. The summed E-state index contributed by atoms with van der Waals surface area (Å²) in [6, 6.07) is 6.06. The molecule has 2 aromatic rings. The van der Waals surface area contributed by atoms with Crippen molar-refractivity contribution in [3.8, 4) is 11.4 Å². The van der Waals surface area contributed by atoms with Crippen LogP contribution in [0.5, 0.6) is 0 Å². The number of hydrogen-bond donors (Lipinski definition) is 3. The number of nitrogens with two attached hydrogens (primary N) is 2. The molecule has 2 heterocycles. The molecule has 0 radical (unpaired) electrons. The number of nitrogen functional groups attached to an aromatic ring is 1. The maximum absolute atomic E-state index is 5.90. The van der Waals surface area contributed by atoms with Gasteiger partial charge in [-0.2, -0.15) is 4.98 Å². The van der Waals surface area contributed by atoms with Crippen LogP contribution >= 0.6 is 0 Å². The third-order valence-corrected chi connectivity index (χ3v) is 3.33. The minimum atomic E-state index is 0.536. The van der Waals surface area contributed by atoms with Crippen molar-refractivity contribution in [2.24, 2.45) is 0 Å². The van der Waals surface area contributed by atoms with E-state index in [0.29, 0.717) is 17.5 Å². The summed E-state index contributed by atoms with van der Waals surface area (Å²) in [6.07, 6.45) is 1.47. The Morgan fingerprint density at radius 3 is 2.85 bits per heavy atom. The molecule has 0 bridgehead atoms. The molecule has 5 N–H and O–H groups in total. The van der Waals surface area contributed by atoms with Crippen LogP contribution in [0.25, 0.3) is 11.4 Å². The first kappa shape index (κ1) is 12.6. The van der Waals surface area contributed by atoms with E-state index < -0.39 is 0 Å². The molecule has 0 unspecified atom stereocenters. The Hall–Kier alpha value is -2.41. The lowest BCUT2D eigenvalue weighted by molar-refractivity contribution is -0.104. The van der Waals surface area contributed by atoms with Crippen LogP contribution in [0.4, 0.5) is 11.7 Å². The lowest BCUT2D eigenvalue weighted by Gasteiger charge is -2.24. The van der Waals surface area contributed by atoms with Crippen molar-refractivity contribution < 1.29 is 9.93 Å². The average Bonchev–Trinajstić information content (AvgIpc) is 2.98. The van der Waals surface area contributed by atoms with Gasteiger partial charge in [-0.05, 0) is 12.1 Å². The second kappa shape index (κ2) is 5.30. The van der Waals surface area contributed by atoms with E-state index in [4.69, 9.17) is 15.7 Å². The highest BCUT2D eigenvalue weighted by Gasteiger charge is 2.17. The molecule has 1 aromatic heterocycles. The van der Waals surface area contributed by atoms with Crippen molar-refractivity contribution in [1.29, 1.82) is 0 Å². The van der Waals surface area contributed by atoms with Crippen LogP contribution in [0.3, 0.4) is 0 Å². The van der Waals surface area contributed by atoms with Crippen molar-refractivity contribution in [1.82, 2.24) is 15.5 Å². The molecule has 3 rings (SSSR count). The molecule has 7 nitrogen and oxygen atoms in total. The van der Waals surface area contributed by atoms with Gasteiger partial charge >= 0.3 is 6.01 Å². The van der Waals surface area contributed by atoms with Gasteiger partial charge in [0.25, 0.3) is 0 Å². The standard InChI is InChI=1S/C13H16N6O/c14-8-10-2-1-9(7-11(10)15)12-17-13(20-18-12)19-5-3-16-4-6-19/h1-2,7-8,14,16H,3-6,15H2/p+1. The van der Waals surface area contributed by atoms with Gasteiger partial charge in [-0.15, -0.1) is 0 Å². The van der Waals surface area contributed by atoms with E-state index in [2.05, 4.69) is 20.4 Å². The van der Waals surface area contributed by atoms with Gasteiger partial charge in [0.05, 0.1) is 5.56 Å². The molecule has 7 heteroatoms. The second-order valence-electron chi connectivity index (χ2n) is 4.65. The summed E-state index contributed by atoms with van der Waals surface area (Å²) in [5.41, 5.74) is 8.11. The Kier molecular flexibility index (Phi) is 3.34. The summed E-state index contributed by atoms with van der Waals surface area (Å²) in [5.74, 6) is 0.536. The molecule has 0 amide bonds. The van der Waals surface area contributed by atoms with Gasteiger partial charge in [-0.3, -0.25) is 5.41 Å². The Balaban J connectivity index is 1.85. The minimum absolute atomic E-state index is 0.536. The lowest BCUT2D eigenvalue weighted by atomic mass is 10.1. The molecule has 0 aliphatic carbocycles. The van der Waals surface area contributed by atoms with E-state index in [1.165, 1.54) is 6.21 Å².